The van der Waals surface area contributed by atoms with Crippen molar-refractivity contribution in [1.29, 1.82) is 0 Å². The van der Waals surface area contributed by atoms with Crippen LogP contribution in [0.4, 0.5) is 10.1 Å². The predicted molar refractivity (Wildman–Crippen MR) is 52.8 cm³/mol. The maximum absolute atomic E-state index is 13.3. The van der Waals surface area contributed by atoms with E-state index in [1.807, 2.05) is 0 Å². The largest absolute Gasteiger partial charge is 0.396 e. The van der Waals surface area contributed by atoms with Crippen LogP contribution in [0.15, 0.2) is 18.2 Å². The Hall–Kier alpha value is -1.49. The fourth-order valence-electron chi connectivity index (χ4n) is 1.26. The summed E-state index contributed by atoms with van der Waals surface area (Å²) in [4.78, 5) is 9.90. The molecule has 5 heteroatoms. The average Bonchev–Trinajstić information content (AvgIpc) is 2.18. The Balaban J connectivity index is 3.04. The summed E-state index contributed by atoms with van der Waals surface area (Å²) in [5.74, 6) is 0.0882. The van der Waals surface area contributed by atoms with Crippen LogP contribution in [0.25, 0.3) is 0 Å². The smallest absolute Gasteiger partial charge is 0.269 e. The maximum atomic E-state index is 13.3. The number of aliphatic hydroxyl groups is 1. The molecule has 81 valence electrons. The first-order valence-electron chi connectivity index (χ1n) is 4.44. The first-order valence-corrected chi connectivity index (χ1v) is 4.44. The van der Waals surface area contributed by atoms with Crippen LogP contribution in [0, 0.1) is 21.8 Å². The highest BCUT2D eigenvalue weighted by Crippen LogP contribution is 2.25. The van der Waals surface area contributed by atoms with Crippen LogP contribution in [0.5, 0.6) is 0 Å². The van der Waals surface area contributed by atoms with E-state index in [9.17, 15) is 14.5 Å². The van der Waals surface area contributed by atoms with Gasteiger partial charge in [-0.15, -0.1) is 0 Å². The van der Waals surface area contributed by atoms with Gasteiger partial charge in [0.2, 0.25) is 0 Å². The van der Waals surface area contributed by atoms with Crippen molar-refractivity contribution in [2.24, 2.45) is 0 Å². The van der Waals surface area contributed by atoms with E-state index in [1.54, 1.807) is 6.92 Å². The number of hydrogen-bond donors (Lipinski definition) is 1. The normalized spacial score (nSPS) is 10.7. The molecule has 0 bridgehead atoms. The third kappa shape index (κ3) is 2.73. The lowest BCUT2D eigenvalue weighted by atomic mass is 9.97. The van der Waals surface area contributed by atoms with Crippen LogP contribution in [-0.2, 0) is 0 Å². The highest BCUT2D eigenvalue weighted by Gasteiger charge is 2.15. The minimum Gasteiger partial charge on any atom is -0.396 e. The Morgan fingerprint density at radius 3 is 2.80 bits per heavy atom. The zero-order valence-electron chi connectivity index (χ0n) is 8.24. The molecule has 0 aliphatic rings. The number of benzene rings is 1. The molecule has 1 aromatic rings. The van der Waals surface area contributed by atoms with E-state index in [-0.39, 0.29) is 17.9 Å². The van der Waals surface area contributed by atoms with Crippen LogP contribution < -0.4 is 0 Å². The van der Waals surface area contributed by atoms with E-state index in [2.05, 4.69) is 0 Å². The SMILES string of the molecule is C[C](CCO)c1cc([N+](=O)[O-])ccc1F. The summed E-state index contributed by atoms with van der Waals surface area (Å²) >= 11 is 0. The first-order chi connectivity index (χ1) is 7.06. The Morgan fingerprint density at radius 2 is 2.27 bits per heavy atom. The maximum Gasteiger partial charge on any atom is 0.269 e. The second kappa shape index (κ2) is 4.84. The molecule has 0 saturated carbocycles. The van der Waals surface area contributed by atoms with Gasteiger partial charge in [-0.1, -0.05) is 6.92 Å². The van der Waals surface area contributed by atoms with Crippen molar-refractivity contribution >= 4 is 5.69 Å². The number of nitro benzene ring substituents is 1. The van der Waals surface area contributed by atoms with E-state index in [4.69, 9.17) is 5.11 Å². The van der Waals surface area contributed by atoms with Gasteiger partial charge in [-0.05, 0) is 12.5 Å². The molecule has 0 heterocycles. The standard InChI is InChI=1S/C10H11FNO3/c1-7(4-5-13)9-6-8(12(14)15)2-3-10(9)11/h2-3,6,13H,4-5H2,1H3. The fraction of sp³-hybridized carbons (Fsp3) is 0.300. The van der Waals surface area contributed by atoms with Gasteiger partial charge in [-0.3, -0.25) is 10.1 Å². The van der Waals surface area contributed by atoms with Crippen molar-refractivity contribution in [1.82, 2.24) is 0 Å². The Kier molecular flexibility index (Phi) is 3.74. The molecule has 1 radical (unpaired) electrons. The molecule has 0 saturated heterocycles. The molecule has 0 fully saturated rings. The molecule has 0 spiro atoms. The van der Waals surface area contributed by atoms with Crippen LogP contribution in [0.1, 0.15) is 18.9 Å². The van der Waals surface area contributed by atoms with Gasteiger partial charge in [0.05, 0.1) is 4.92 Å². The lowest BCUT2D eigenvalue weighted by Crippen LogP contribution is -2.02. The predicted octanol–water partition coefficient (Wildman–Crippen LogP) is 2.06. The molecular formula is C10H11FNO3. The summed E-state index contributed by atoms with van der Waals surface area (Å²) < 4.78 is 13.3. The van der Waals surface area contributed by atoms with Gasteiger partial charge in [-0.25, -0.2) is 4.39 Å². The number of hydrogen-bond acceptors (Lipinski definition) is 3. The molecule has 4 nitrogen and oxygen atoms in total. The van der Waals surface area contributed by atoms with E-state index in [1.165, 1.54) is 6.07 Å². The minimum absolute atomic E-state index is 0.103. The van der Waals surface area contributed by atoms with Gasteiger partial charge in [0.15, 0.2) is 0 Å². The quantitative estimate of drug-likeness (QED) is 0.613. The first kappa shape index (κ1) is 11.6. The van der Waals surface area contributed by atoms with Crippen LogP contribution >= 0.6 is 0 Å². The summed E-state index contributed by atoms with van der Waals surface area (Å²) in [5, 5.41) is 19.2. The molecular weight excluding hydrogens is 201 g/mol. The lowest BCUT2D eigenvalue weighted by Gasteiger charge is -2.09. The second-order valence-corrected chi connectivity index (χ2v) is 3.18. The molecule has 0 unspecified atom stereocenters. The highest BCUT2D eigenvalue weighted by molar-refractivity contribution is 5.41. The lowest BCUT2D eigenvalue weighted by molar-refractivity contribution is -0.385. The number of halogens is 1. The molecule has 1 N–H and O–H groups in total. The van der Waals surface area contributed by atoms with E-state index < -0.39 is 10.7 Å². The van der Waals surface area contributed by atoms with Gasteiger partial charge in [0.25, 0.3) is 5.69 Å². The highest BCUT2D eigenvalue weighted by atomic mass is 19.1. The van der Waals surface area contributed by atoms with E-state index >= 15 is 0 Å². The topological polar surface area (TPSA) is 63.4 Å². The minimum atomic E-state index is -0.574. The summed E-state index contributed by atoms with van der Waals surface area (Å²) in [6.07, 6.45) is 0.304. The van der Waals surface area contributed by atoms with Gasteiger partial charge in [0.1, 0.15) is 5.82 Å². The molecule has 0 atom stereocenters. The van der Waals surface area contributed by atoms with Crippen molar-refractivity contribution in [3.05, 3.63) is 45.6 Å². The second-order valence-electron chi connectivity index (χ2n) is 3.18. The number of aliphatic hydroxyl groups excluding tert-OH is 1. The van der Waals surface area contributed by atoms with Crippen molar-refractivity contribution in [2.45, 2.75) is 13.3 Å². The molecule has 1 aromatic carbocycles. The fourth-order valence-corrected chi connectivity index (χ4v) is 1.26. The van der Waals surface area contributed by atoms with Gasteiger partial charge in [-0.2, -0.15) is 0 Å². The van der Waals surface area contributed by atoms with Crippen LogP contribution in [0.3, 0.4) is 0 Å². The summed E-state index contributed by atoms with van der Waals surface area (Å²) in [7, 11) is 0. The van der Waals surface area contributed by atoms with Crippen molar-refractivity contribution < 1.29 is 14.4 Å². The molecule has 0 aliphatic heterocycles. The van der Waals surface area contributed by atoms with E-state index in [0.717, 1.165) is 12.1 Å². The molecule has 15 heavy (non-hydrogen) atoms. The molecule has 1 rings (SSSR count). The Morgan fingerprint density at radius 1 is 1.60 bits per heavy atom. The van der Waals surface area contributed by atoms with Crippen molar-refractivity contribution in [2.75, 3.05) is 6.61 Å². The number of nitro groups is 1. The zero-order valence-corrected chi connectivity index (χ0v) is 8.24. The molecule has 0 aromatic heterocycles. The number of nitrogens with zero attached hydrogens (tertiary/aromatic N) is 1. The van der Waals surface area contributed by atoms with Gasteiger partial charge in [0, 0.05) is 30.2 Å². The van der Waals surface area contributed by atoms with Gasteiger partial charge >= 0.3 is 0 Å². The van der Waals surface area contributed by atoms with Crippen LogP contribution in [-0.4, -0.2) is 16.6 Å². The van der Waals surface area contributed by atoms with E-state index in [0.29, 0.717) is 12.3 Å². The summed E-state index contributed by atoms with van der Waals surface area (Å²) in [6.45, 7) is 1.53. The zero-order chi connectivity index (χ0) is 11.4. The third-order valence-electron chi connectivity index (χ3n) is 2.11. The number of non-ortho nitro benzene ring substituents is 1. The van der Waals surface area contributed by atoms with Gasteiger partial charge < -0.3 is 5.11 Å². The Bertz CT molecular complexity index is 368. The molecule has 0 amide bonds. The summed E-state index contributed by atoms with van der Waals surface area (Å²) in [6, 6.07) is 3.36. The van der Waals surface area contributed by atoms with Crippen molar-refractivity contribution in [3.63, 3.8) is 0 Å². The molecule has 0 aliphatic carbocycles. The average molecular weight is 212 g/mol. The Labute approximate surface area is 86.5 Å². The number of rotatable bonds is 4. The monoisotopic (exact) mass is 212 g/mol. The third-order valence-corrected chi connectivity index (χ3v) is 2.11. The van der Waals surface area contributed by atoms with Crippen molar-refractivity contribution in [3.8, 4) is 0 Å². The summed E-state index contributed by atoms with van der Waals surface area (Å²) in [5.41, 5.74) is 0.0435. The van der Waals surface area contributed by atoms with Crippen LogP contribution in [0.2, 0.25) is 0 Å².